The van der Waals surface area contributed by atoms with Crippen molar-refractivity contribution in [3.05, 3.63) is 35.4 Å². The first-order chi connectivity index (χ1) is 12.6. The van der Waals surface area contributed by atoms with Crippen molar-refractivity contribution < 1.29 is 14.4 Å². The van der Waals surface area contributed by atoms with E-state index in [9.17, 15) is 14.4 Å². The Morgan fingerprint density at radius 1 is 1.04 bits per heavy atom. The third-order valence-electron chi connectivity index (χ3n) is 6.33. The van der Waals surface area contributed by atoms with Gasteiger partial charge in [0.25, 0.3) is 0 Å². The Hall–Kier alpha value is -2.17. The van der Waals surface area contributed by atoms with Crippen molar-refractivity contribution in [1.82, 2.24) is 10.2 Å². The molecule has 3 amide bonds. The normalized spacial score (nSPS) is 29.1. The highest BCUT2D eigenvalue weighted by Gasteiger charge is 2.50. The molecule has 5 nitrogen and oxygen atoms in total. The van der Waals surface area contributed by atoms with Crippen LogP contribution in [0.15, 0.2) is 24.3 Å². The van der Waals surface area contributed by atoms with Crippen LogP contribution in [0.25, 0.3) is 0 Å². The zero-order chi connectivity index (χ0) is 18.3. The predicted octanol–water partition coefficient (Wildman–Crippen LogP) is 2.74. The Morgan fingerprint density at radius 3 is 2.38 bits per heavy atom. The van der Waals surface area contributed by atoms with Crippen LogP contribution in [0.4, 0.5) is 0 Å². The van der Waals surface area contributed by atoms with Crippen molar-refractivity contribution in [2.45, 2.75) is 64.0 Å². The maximum atomic E-state index is 12.8. The first-order valence-corrected chi connectivity index (χ1v) is 9.83. The fraction of sp³-hybridized carbons (Fsp3) is 0.571. The van der Waals surface area contributed by atoms with Crippen molar-refractivity contribution in [1.29, 1.82) is 0 Å². The van der Waals surface area contributed by atoms with Gasteiger partial charge >= 0.3 is 0 Å². The van der Waals surface area contributed by atoms with Crippen LogP contribution >= 0.6 is 0 Å². The molecule has 4 rings (SSSR count). The minimum Gasteiger partial charge on any atom is -0.347 e. The number of nitrogens with one attached hydrogen (secondary N) is 1. The minimum atomic E-state index is -0.741. The Balaban J connectivity index is 1.49. The largest absolute Gasteiger partial charge is 0.347 e. The first kappa shape index (κ1) is 17.3. The molecule has 0 radical (unpaired) electrons. The summed E-state index contributed by atoms with van der Waals surface area (Å²) in [6.45, 7) is 1.68. The molecule has 1 N–H and O–H groups in total. The van der Waals surface area contributed by atoms with Crippen LogP contribution < -0.4 is 5.32 Å². The van der Waals surface area contributed by atoms with Gasteiger partial charge in [0.05, 0.1) is 17.9 Å². The monoisotopic (exact) mass is 354 g/mol. The highest BCUT2D eigenvalue weighted by molar-refractivity contribution is 6.08. The van der Waals surface area contributed by atoms with E-state index >= 15 is 0 Å². The van der Waals surface area contributed by atoms with Crippen molar-refractivity contribution in [3.8, 4) is 0 Å². The topological polar surface area (TPSA) is 66.5 Å². The van der Waals surface area contributed by atoms with Crippen LogP contribution in [0.3, 0.4) is 0 Å². The number of hydrogen-bond donors (Lipinski definition) is 1. The van der Waals surface area contributed by atoms with E-state index in [1.165, 1.54) is 10.5 Å². The average Bonchev–Trinajstić information content (AvgIpc) is 2.92. The van der Waals surface area contributed by atoms with Crippen LogP contribution in [0.2, 0.25) is 0 Å². The summed E-state index contributed by atoms with van der Waals surface area (Å²) in [5.41, 5.74) is 2.43. The van der Waals surface area contributed by atoms with Crippen LogP contribution in [0.5, 0.6) is 0 Å². The zero-order valence-electron chi connectivity index (χ0n) is 15.2. The molecule has 0 aromatic heterocycles. The number of fused-ring (bicyclic) bond motifs is 2. The molecule has 1 saturated heterocycles. The van der Waals surface area contributed by atoms with Crippen LogP contribution in [-0.4, -0.2) is 28.7 Å². The summed E-state index contributed by atoms with van der Waals surface area (Å²) >= 11 is 0. The molecule has 138 valence electrons. The Labute approximate surface area is 154 Å². The summed E-state index contributed by atoms with van der Waals surface area (Å²) < 4.78 is 0. The summed E-state index contributed by atoms with van der Waals surface area (Å²) in [5.74, 6) is -0.936. The van der Waals surface area contributed by atoms with Crippen LogP contribution in [0.1, 0.15) is 62.6 Å². The molecular formula is C21H26N2O3. The van der Waals surface area contributed by atoms with Gasteiger partial charge in [-0.3, -0.25) is 19.3 Å². The summed E-state index contributed by atoms with van der Waals surface area (Å²) in [5, 5.41) is 3.09. The lowest BCUT2D eigenvalue weighted by Crippen LogP contribution is -2.49. The highest BCUT2D eigenvalue weighted by Crippen LogP contribution is 2.39. The third-order valence-corrected chi connectivity index (χ3v) is 6.33. The Bertz CT molecular complexity index is 721. The summed E-state index contributed by atoms with van der Waals surface area (Å²) in [6.07, 6.45) is 6.49. The van der Waals surface area contributed by atoms with Crippen LogP contribution in [-0.2, 0) is 20.8 Å². The second-order valence-electron chi connectivity index (χ2n) is 7.87. The molecule has 3 aliphatic rings. The molecule has 2 aliphatic carbocycles. The zero-order valence-corrected chi connectivity index (χ0v) is 15.2. The number of hydrogen-bond acceptors (Lipinski definition) is 3. The summed E-state index contributed by atoms with van der Waals surface area (Å²) in [6, 6.07) is 7.40. The van der Waals surface area contributed by atoms with Gasteiger partial charge in [-0.05, 0) is 50.2 Å². The molecule has 1 heterocycles. The maximum absolute atomic E-state index is 12.8. The van der Waals surface area contributed by atoms with Gasteiger partial charge in [-0.2, -0.15) is 0 Å². The third kappa shape index (κ3) is 2.83. The lowest BCUT2D eigenvalue weighted by molar-refractivity contribution is -0.147. The molecule has 1 aliphatic heterocycles. The SMILES string of the molecule is C[C@@H](C(=O)N[C@H]1CCCc2ccccc21)N1C(=O)[C@H]2CCCC[C@H]2C1=O. The highest BCUT2D eigenvalue weighted by atomic mass is 16.2. The van der Waals surface area contributed by atoms with E-state index in [0.29, 0.717) is 0 Å². The minimum absolute atomic E-state index is 0.0371. The van der Waals surface area contributed by atoms with Gasteiger partial charge in [0, 0.05) is 0 Å². The second-order valence-corrected chi connectivity index (χ2v) is 7.87. The van der Waals surface area contributed by atoms with Crippen molar-refractivity contribution in [2.75, 3.05) is 0 Å². The first-order valence-electron chi connectivity index (χ1n) is 9.83. The number of carbonyl (C=O) groups is 3. The number of aryl methyl sites for hydroxylation is 1. The molecule has 0 spiro atoms. The molecule has 0 unspecified atom stereocenters. The van der Waals surface area contributed by atoms with Crippen molar-refractivity contribution >= 4 is 17.7 Å². The molecule has 26 heavy (non-hydrogen) atoms. The molecule has 2 fully saturated rings. The number of imide groups is 1. The lowest BCUT2D eigenvalue weighted by atomic mass is 9.81. The quantitative estimate of drug-likeness (QED) is 0.849. The maximum Gasteiger partial charge on any atom is 0.243 e. The number of amides is 3. The van der Waals surface area contributed by atoms with Gasteiger partial charge in [0.1, 0.15) is 6.04 Å². The number of benzene rings is 1. The van der Waals surface area contributed by atoms with E-state index in [-0.39, 0.29) is 35.6 Å². The molecule has 0 bridgehead atoms. The van der Waals surface area contributed by atoms with Gasteiger partial charge in [-0.15, -0.1) is 0 Å². The Kier molecular flexibility index (Phi) is 4.55. The van der Waals surface area contributed by atoms with E-state index < -0.39 is 6.04 Å². The van der Waals surface area contributed by atoms with Crippen LogP contribution in [0, 0.1) is 11.8 Å². The second kappa shape index (κ2) is 6.86. The van der Waals surface area contributed by atoms with E-state index in [1.54, 1.807) is 6.92 Å². The fourth-order valence-electron chi connectivity index (χ4n) is 4.88. The molecule has 4 atom stereocenters. The summed E-state index contributed by atoms with van der Waals surface area (Å²) in [7, 11) is 0. The van der Waals surface area contributed by atoms with E-state index in [4.69, 9.17) is 0 Å². The Morgan fingerprint density at radius 2 is 1.69 bits per heavy atom. The molecule has 1 saturated carbocycles. The van der Waals surface area contributed by atoms with E-state index in [1.807, 2.05) is 12.1 Å². The van der Waals surface area contributed by atoms with Gasteiger partial charge in [-0.1, -0.05) is 37.1 Å². The van der Waals surface area contributed by atoms with Crippen molar-refractivity contribution in [2.24, 2.45) is 11.8 Å². The van der Waals surface area contributed by atoms with Gasteiger partial charge < -0.3 is 5.32 Å². The summed E-state index contributed by atoms with van der Waals surface area (Å²) in [4.78, 5) is 39.5. The fourth-order valence-corrected chi connectivity index (χ4v) is 4.88. The van der Waals surface area contributed by atoms with Gasteiger partial charge in [-0.25, -0.2) is 0 Å². The van der Waals surface area contributed by atoms with Gasteiger partial charge in [0.2, 0.25) is 17.7 Å². The number of carbonyl (C=O) groups excluding carboxylic acids is 3. The number of rotatable bonds is 3. The predicted molar refractivity (Wildman–Crippen MR) is 97.0 cm³/mol. The van der Waals surface area contributed by atoms with Gasteiger partial charge in [0.15, 0.2) is 0 Å². The molecule has 1 aromatic carbocycles. The van der Waals surface area contributed by atoms with E-state index in [0.717, 1.165) is 50.5 Å². The number of likely N-dealkylation sites (tertiary alicyclic amines) is 1. The average molecular weight is 354 g/mol. The lowest BCUT2D eigenvalue weighted by Gasteiger charge is -2.29. The number of nitrogens with zero attached hydrogens (tertiary/aromatic N) is 1. The van der Waals surface area contributed by atoms with Crippen molar-refractivity contribution in [3.63, 3.8) is 0 Å². The smallest absolute Gasteiger partial charge is 0.243 e. The molecule has 1 aromatic rings. The molecular weight excluding hydrogens is 328 g/mol. The molecule has 5 heteroatoms. The standard InChI is InChI=1S/C21H26N2O3/c1-13(23-20(25)16-10-4-5-11-17(16)21(23)26)19(24)22-18-12-6-8-14-7-2-3-9-15(14)18/h2-3,7,9,13,16-18H,4-6,8,10-12H2,1H3,(H,22,24)/t13-,16-,17+,18-/m0/s1. The van der Waals surface area contributed by atoms with E-state index in [2.05, 4.69) is 17.4 Å².